The summed E-state index contributed by atoms with van der Waals surface area (Å²) in [7, 11) is 0. The highest BCUT2D eigenvalue weighted by molar-refractivity contribution is 5.69. The van der Waals surface area contributed by atoms with Gasteiger partial charge in [-0.1, -0.05) is 90.9 Å². The Hall–Kier alpha value is -1.01. The summed E-state index contributed by atoms with van der Waals surface area (Å²) in [5.74, 6) is -0.429. The number of ether oxygens (including phenoxy) is 6. The number of carbonyl (C=O) groups excluding carboxylic acids is 1. The molecule has 14 heteroatoms. The van der Waals surface area contributed by atoms with Crippen molar-refractivity contribution in [1.29, 1.82) is 0 Å². The van der Waals surface area contributed by atoms with Gasteiger partial charge in [0.05, 0.1) is 26.4 Å². The van der Waals surface area contributed by atoms with Crippen molar-refractivity contribution >= 4 is 5.97 Å². The zero-order valence-corrected chi connectivity index (χ0v) is 29.0. The van der Waals surface area contributed by atoms with E-state index in [-0.39, 0.29) is 19.6 Å². The monoisotopic (exact) mass is 696 g/mol. The number of hydrogen-bond acceptors (Lipinski definition) is 14. The Morgan fingerprint density at radius 1 is 0.604 bits per heavy atom. The molecule has 2 heterocycles. The van der Waals surface area contributed by atoms with Crippen LogP contribution < -0.4 is 0 Å². The molecule has 2 fully saturated rings. The molecule has 0 saturated carbocycles. The first-order valence-corrected chi connectivity index (χ1v) is 18.1. The van der Waals surface area contributed by atoms with Crippen molar-refractivity contribution in [3.8, 4) is 0 Å². The molecule has 7 N–H and O–H groups in total. The van der Waals surface area contributed by atoms with Gasteiger partial charge in [-0.05, 0) is 12.8 Å². The topological polar surface area (TPSA) is 214 Å². The number of esters is 1. The van der Waals surface area contributed by atoms with Gasteiger partial charge in [0.2, 0.25) is 0 Å². The molecule has 2 aliphatic rings. The molecular weight excluding hydrogens is 632 g/mol. The minimum Gasteiger partial charge on any atom is -0.457 e. The molecule has 0 amide bonds. The van der Waals surface area contributed by atoms with E-state index in [0.717, 1.165) is 19.3 Å². The van der Waals surface area contributed by atoms with E-state index in [1.54, 1.807) is 0 Å². The standard InChI is InChI=1S/C34H64O14/c1-3-5-6-7-8-9-10-11-12-13-14-15-16-18-43-20-23(46-26(36)17-4-2)21-44-33-32(42)30(40)28(38)25(48-33)22-45-34-31(41)29(39)27(37)24(19-35)47-34/h23-25,27-35,37-42H,3-22H2,1-2H3. The average molecular weight is 697 g/mol. The first-order chi connectivity index (χ1) is 23.1. The van der Waals surface area contributed by atoms with Crippen LogP contribution in [-0.4, -0.2) is 142 Å². The lowest BCUT2D eigenvalue weighted by Gasteiger charge is -2.42. The van der Waals surface area contributed by atoms with Crippen LogP contribution in [0.4, 0.5) is 0 Å². The second-order valence-electron chi connectivity index (χ2n) is 13.1. The Kier molecular flexibility index (Phi) is 22.5. The van der Waals surface area contributed by atoms with E-state index in [1.165, 1.54) is 64.2 Å². The van der Waals surface area contributed by atoms with Crippen molar-refractivity contribution in [3.63, 3.8) is 0 Å². The van der Waals surface area contributed by atoms with Crippen LogP contribution >= 0.6 is 0 Å². The van der Waals surface area contributed by atoms with Crippen LogP contribution in [0.25, 0.3) is 0 Å². The van der Waals surface area contributed by atoms with E-state index in [9.17, 15) is 40.5 Å². The maximum absolute atomic E-state index is 12.2. The molecule has 2 rings (SSSR count). The molecule has 0 radical (unpaired) electrons. The number of aliphatic hydroxyl groups is 7. The van der Waals surface area contributed by atoms with E-state index >= 15 is 0 Å². The summed E-state index contributed by atoms with van der Waals surface area (Å²) in [5, 5.41) is 71.0. The lowest BCUT2D eigenvalue weighted by atomic mass is 9.98. The van der Waals surface area contributed by atoms with E-state index in [1.807, 2.05) is 6.92 Å². The maximum Gasteiger partial charge on any atom is 0.306 e. The molecule has 284 valence electrons. The SMILES string of the molecule is CCCCCCCCCCCCCCCOCC(COC1OC(COC2OC(CO)C(O)C(O)C2O)C(O)C(O)C1O)OC(=O)CCC. The molecule has 2 saturated heterocycles. The van der Waals surface area contributed by atoms with Gasteiger partial charge in [-0.15, -0.1) is 0 Å². The Morgan fingerprint density at radius 3 is 1.65 bits per heavy atom. The van der Waals surface area contributed by atoms with Gasteiger partial charge in [-0.2, -0.15) is 0 Å². The van der Waals surface area contributed by atoms with E-state index in [4.69, 9.17) is 28.4 Å². The largest absolute Gasteiger partial charge is 0.457 e. The third-order valence-electron chi connectivity index (χ3n) is 8.84. The van der Waals surface area contributed by atoms with E-state index in [0.29, 0.717) is 13.0 Å². The summed E-state index contributed by atoms with van der Waals surface area (Å²) in [6, 6.07) is 0. The molecule has 0 bridgehead atoms. The second kappa shape index (κ2) is 25.0. The van der Waals surface area contributed by atoms with Crippen molar-refractivity contribution < 1.29 is 69.0 Å². The number of rotatable bonds is 26. The van der Waals surface area contributed by atoms with Crippen LogP contribution in [0.1, 0.15) is 110 Å². The van der Waals surface area contributed by atoms with Crippen molar-refractivity contribution in [1.82, 2.24) is 0 Å². The van der Waals surface area contributed by atoms with Crippen molar-refractivity contribution in [2.75, 3.05) is 33.0 Å². The zero-order valence-electron chi connectivity index (χ0n) is 29.0. The predicted octanol–water partition coefficient (Wildman–Crippen LogP) is 1.45. The Labute approximate surface area is 285 Å². The summed E-state index contributed by atoms with van der Waals surface area (Å²) in [6.07, 6.45) is 0.852. The van der Waals surface area contributed by atoms with Gasteiger partial charge in [0.15, 0.2) is 12.6 Å². The third kappa shape index (κ3) is 15.5. The number of aliphatic hydroxyl groups excluding tert-OH is 7. The van der Waals surface area contributed by atoms with Gasteiger partial charge in [0.1, 0.15) is 54.9 Å². The smallest absolute Gasteiger partial charge is 0.306 e. The van der Waals surface area contributed by atoms with Gasteiger partial charge >= 0.3 is 5.97 Å². The first kappa shape index (κ1) is 43.2. The van der Waals surface area contributed by atoms with E-state index < -0.39 is 86.7 Å². The van der Waals surface area contributed by atoms with Gasteiger partial charge in [-0.25, -0.2) is 0 Å². The van der Waals surface area contributed by atoms with Crippen molar-refractivity contribution in [2.45, 2.75) is 178 Å². The highest BCUT2D eigenvalue weighted by Gasteiger charge is 2.47. The average Bonchev–Trinajstić information content (AvgIpc) is 3.07. The van der Waals surface area contributed by atoms with Gasteiger partial charge in [-0.3, -0.25) is 4.79 Å². The Morgan fingerprint density at radius 2 is 1.10 bits per heavy atom. The first-order valence-electron chi connectivity index (χ1n) is 18.1. The fourth-order valence-corrected chi connectivity index (χ4v) is 5.79. The van der Waals surface area contributed by atoms with E-state index in [2.05, 4.69) is 6.92 Å². The highest BCUT2D eigenvalue weighted by Crippen LogP contribution is 2.26. The molecule has 2 aliphatic heterocycles. The maximum atomic E-state index is 12.2. The fraction of sp³-hybridized carbons (Fsp3) is 0.971. The fourth-order valence-electron chi connectivity index (χ4n) is 5.79. The molecule has 48 heavy (non-hydrogen) atoms. The number of carbonyl (C=O) groups is 1. The van der Waals surface area contributed by atoms with Crippen LogP contribution in [0.5, 0.6) is 0 Å². The molecular formula is C34H64O14. The molecule has 11 atom stereocenters. The van der Waals surface area contributed by atoms with Crippen LogP contribution in [0.3, 0.4) is 0 Å². The minimum absolute atomic E-state index is 0.0609. The van der Waals surface area contributed by atoms with Crippen LogP contribution in [0, 0.1) is 0 Å². The zero-order chi connectivity index (χ0) is 35.3. The minimum atomic E-state index is -1.69. The highest BCUT2D eigenvalue weighted by atomic mass is 16.7. The quantitative estimate of drug-likeness (QED) is 0.0504. The Bertz CT molecular complexity index is 819. The third-order valence-corrected chi connectivity index (χ3v) is 8.84. The molecule has 0 aliphatic carbocycles. The summed E-state index contributed by atoms with van der Waals surface area (Å²) >= 11 is 0. The van der Waals surface area contributed by atoms with Crippen molar-refractivity contribution in [3.05, 3.63) is 0 Å². The van der Waals surface area contributed by atoms with Crippen LogP contribution in [-0.2, 0) is 33.2 Å². The summed E-state index contributed by atoms with van der Waals surface area (Å²) in [6.45, 7) is 3.28. The number of hydrogen-bond donors (Lipinski definition) is 7. The Balaban J connectivity index is 1.75. The predicted molar refractivity (Wildman–Crippen MR) is 174 cm³/mol. The summed E-state index contributed by atoms with van der Waals surface area (Å²) < 4.78 is 33.4. The van der Waals surface area contributed by atoms with Crippen molar-refractivity contribution in [2.24, 2.45) is 0 Å². The molecule has 0 aromatic heterocycles. The molecule has 14 nitrogen and oxygen atoms in total. The normalized spacial score (nSPS) is 31.5. The van der Waals surface area contributed by atoms with Gasteiger partial charge in [0.25, 0.3) is 0 Å². The summed E-state index contributed by atoms with van der Waals surface area (Å²) in [5.41, 5.74) is 0. The second-order valence-corrected chi connectivity index (χ2v) is 13.1. The van der Waals surface area contributed by atoms with Gasteiger partial charge < -0.3 is 64.2 Å². The molecule has 0 aromatic carbocycles. The van der Waals surface area contributed by atoms with Crippen LogP contribution in [0.15, 0.2) is 0 Å². The van der Waals surface area contributed by atoms with Gasteiger partial charge in [0, 0.05) is 13.0 Å². The lowest BCUT2D eigenvalue weighted by Crippen LogP contribution is -2.61. The molecule has 0 spiro atoms. The van der Waals surface area contributed by atoms with Crippen LogP contribution in [0.2, 0.25) is 0 Å². The summed E-state index contributed by atoms with van der Waals surface area (Å²) in [4.78, 5) is 12.2. The molecule has 0 aromatic rings. The number of unbranched alkanes of at least 4 members (excludes halogenated alkanes) is 12. The lowest BCUT2D eigenvalue weighted by molar-refractivity contribution is -0.332. The molecule has 11 unspecified atom stereocenters.